The maximum atomic E-state index is 10.0. The molecule has 0 aliphatic carbocycles. The summed E-state index contributed by atoms with van der Waals surface area (Å²) in [7, 11) is 1.59. The number of ether oxygens (including phenoxy) is 1. The number of aromatic nitrogens is 1. The number of hydrogen-bond acceptors (Lipinski definition) is 3. The Kier molecular flexibility index (Phi) is 5.26. The summed E-state index contributed by atoms with van der Waals surface area (Å²) in [5.74, 6) is 1.12. The van der Waals surface area contributed by atoms with Crippen LogP contribution < -0.4 is 4.74 Å². The van der Waals surface area contributed by atoms with E-state index in [1.165, 1.54) is 0 Å². The summed E-state index contributed by atoms with van der Waals surface area (Å²) in [6, 6.07) is 3.65. The third-order valence-electron chi connectivity index (χ3n) is 2.76. The molecule has 0 aromatic carbocycles. The van der Waals surface area contributed by atoms with Gasteiger partial charge in [0.1, 0.15) is 0 Å². The molecule has 0 radical (unpaired) electrons. The summed E-state index contributed by atoms with van der Waals surface area (Å²) in [5, 5.41) is 10.0. The molecule has 2 atom stereocenters. The average Bonchev–Trinajstić information content (AvgIpc) is 2.29. The highest BCUT2D eigenvalue weighted by molar-refractivity contribution is 5.19. The summed E-state index contributed by atoms with van der Waals surface area (Å²) in [5.41, 5.74) is 0.865. The highest BCUT2D eigenvalue weighted by Gasteiger charge is 2.12. The van der Waals surface area contributed by atoms with E-state index in [1.54, 1.807) is 19.4 Å². The molecule has 2 unspecified atom stereocenters. The van der Waals surface area contributed by atoms with E-state index in [0.717, 1.165) is 24.8 Å². The van der Waals surface area contributed by atoms with Crippen molar-refractivity contribution < 1.29 is 9.84 Å². The lowest BCUT2D eigenvalue weighted by atomic mass is 9.96. The minimum Gasteiger partial charge on any atom is -0.481 e. The Hall–Kier alpha value is -1.09. The molecule has 0 fully saturated rings. The minimum atomic E-state index is -0.417. The van der Waals surface area contributed by atoms with Crippen LogP contribution in [0.2, 0.25) is 0 Å². The van der Waals surface area contributed by atoms with E-state index in [2.05, 4.69) is 18.8 Å². The minimum absolute atomic E-state index is 0.417. The van der Waals surface area contributed by atoms with Crippen molar-refractivity contribution >= 4 is 0 Å². The van der Waals surface area contributed by atoms with Crippen LogP contribution in [0.25, 0.3) is 0 Å². The van der Waals surface area contributed by atoms with Crippen molar-refractivity contribution in [3.05, 3.63) is 23.9 Å². The van der Waals surface area contributed by atoms with Crippen molar-refractivity contribution in [1.82, 2.24) is 4.98 Å². The van der Waals surface area contributed by atoms with Crippen molar-refractivity contribution in [2.45, 2.75) is 39.2 Å². The number of aliphatic hydroxyl groups is 1. The number of methoxy groups -OCH3 is 1. The van der Waals surface area contributed by atoms with Crippen LogP contribution in [0, 0.1) is 5.92 Å². The quantitative estimate of drug-likeness (QED) is 0.806. The van der Waals surface area contributed by atoms with Gasteiger partial charge in [-0.05, 0) is 24.0 Å². The fourth-order valence-electron chi connectivity index (χ4n) is 1.84. The molecule has 1 aromatic heterocycles. The second kappa shape index (κ2) is 6.48. The molecule has 3 nitrogen and oxygen atoms in total. The topological polar surface area (TPSA) is 42.4 Å². The van der Waals surface area contributed by atoms with Gasteiger partial charge < -0.3 is 9.84 Å². The first kappa shape index (κ1) is 13.0. The van der Waals surface area contributed by atoms with E-state index in [-0.39, 0.29) is 0 Å². The van der Waals surface area contributed by atoms with Gasteiger partial charge in [0.25, 0.3) is 0 Å². The zero-order valence-electron chi connectivity index (χ0n) is 10.3. The van der Waals surface area contributed by atoms with Crippen molar-refractivity contribution in [1.29, 1.82) is 0 Å². The maximum absolute atomic E-state index is 10.0. The smallest absolute Gasteiger partial charge is 0.212 e. The van der Waals surface area contributed by atoms with Gasteiger partial charge >= 0.3 is 0 Å². The zero-order valence-corrected chi connectivity index (χ0v) is 10.3. The molecule has 0 aliphatic heterocycles. The monoisotopic (exact) mass is 223 g/mol. The number of rotatable bonds is 6. The summed E-state index contributed by atoms with van der Waals surface area (Å²) in [6.45, 7) is 4.33. The predicted molar refractivity (Wildman–Crippen MR) is 64.4 cm³/mol. The molecule has 0 amide bonds. The van der Waals surface area contributed by atoms with Crippen LogP contribution in [0.15, 0.2) is 18.3 Å². The lowest BCUT2D eigenvalue weighted by Gasteiger charge is -2.15. The van der Waals surface area contributed by atoms with Crippen LogP contribution in [0.4, 0.5) is 0 Å². The van der Waals surface area contributed by atoms with Crippen molar-refractivity contribution in [3.63, 3.8) is 0 Å². The molecule has 0 bridgehead atoms. The van der Waals surface area contributed by atoms with E-state index in [9.17, 15) is 5.11 Å². The van der Waals surface area contributed by atoms with Gasteiger partial charge in [-0.2, -0.15) is 0 Å². The molecule has 1 heterocycles. The largest absolute Gasteiger partial charge is 0.481 e. The highest BCUT2D eigenvalue weighted by Crippen LogP contribution is 2.23. The number of nitrogens with zero attached hydrogens (tertiary/aromatic N) is 1. The SMILES string of the molecule is CCCC(C)CC(O)c1ccc(OC)nc1. The van der Waals surface area contributed by atoms with E-state index >= 15 is 0 Å². The van der Waals surface area contributed by atoms with E-state index < -0.39 is 6.10 Å². The molecule has 16 heavy (non-hydrogen) atoms. The molecule has 3 heteroatoms. The normalized spacial score (nSPS) is 14.5. The maximum Gasteiger partial charge on any atom is 0.212 e. The first-order chi connectivity index (χ1) is 7.67. The number of hydrogen-bond donors (Lipinski definition) is 1. The average molecular weight is 223 g/mol. The summed E-state index contributed by atoms with van der Waals surface area (Å²) in [6.07, 6.45) is 4.37. The molecule has 0 aliphatic rings. The van der Waals surface area contributed by atoms with E-state index in [1.807, 2.05) is 6.07 Å². The summed E-state index contributed by atoms with van der Waals surface area (Å²) >= 11 is 0. The third-order valence-corrected chi connectivity index (χ3v) is 2.76. The molecule has 1 aromatic rings. The number of aliphatic hydroxyl groups excluding tert-OH is 1. The summed E-state index contributed by atoms with van der Waals surface area (Å²) in [4.78, 5) is 4.09. The Bertz CT molecular complexity index is 297. The van der Waals surface area contributed by atoms with Crippen molar-refractivity contribution in [3.8, 4) is 5.88 Å². The molecular weight excluding hydrogens is 202 g/mol. The van der Waals surface area contributed by atoms with E-state index in [0.29, 0.717) is 11.8 Å². The van der Waals surface area contributed by atoms with Gasteiger partial charge in [-0.1, -0.05) is 26.7 Å². The van der Waals surface area contributed by atoms with E-state index in [4.69, 9.17) is 4.74 Å². The van der Waals surface area contributed by atoms with Crippen LogP contribution in [0.3, 0.4) is 0 Å². The second-order valence-electron chi connectivity index (χ2n) is 4.28. The van der Waals surface area contributed by atoms with Gasteiger partial charge in [-0.25, -0.2) is 4.98 Å². The van der Waals surface area contributed by atoms with Gasteiger partial charge in [0.15, 0.2) is 0 Å². The third kappa shape index (κ3) is 3.81. The van der Waals surface area contributed by atoms with Gasteiger partial charge in [0, 0.05) is 12.3 Å². The number of pyridine rings is 1. The van der Waals surface area contributed by atoms with Gasteiger partial charge in [0.2, 0.25) is 5.88 Å². The van der Waals surface area contributed by atoms with Crippen LogP contribution in [-0.4, -0.2) is 17.2 Å². The molecule has 1 rings (SSSR count). The lowest BCUT2D eigenvalue weighted by molar-refractivity contribution is 0.144. The predicted octanol–water partition coefficient (Wildman–Crippen LogP) is 2.95. The van der Waals surface area contributed by atoms with Crippen LogP contribution in [0.1, 0.15) is 44.8 Å². The van der Waals surface area contributed by atoms with Gasteiger partial charge in [-0.3, -0.25) is 0 Å². The van der Waals surface area contributed by atoms with Crippen molar-refractivity contribution in [2.75, 3.05) is 7.11 Å². The van der Waals surface area contributed by atoms with Gasteiger partial charge in [0.05, 0.1) is 13.2 Å². The standard InChI is InChI=1S/C13H21NO2/c1-4-5-10(2)8-12(15)11-6-7-13(16-3)14-9-11/h6-7,9-10,12,15H,4-5,8H2,1-3H3. The van der Waals surface area contributed by atoms with Crippen LogP contribution in [0.5, 0.6) is 5.88 Å². The van der Waals surface area contributed by atoms with Crippen LogP contribution in [-0.2, 0) is 0 Å². The van der Waals surface area contributed by atoms with Gasteiger partial charge in [-0.15, -0.1) is 0 Å². The molecular formula is C13H21NO2. The first-order valence-corrected chi connectivity index (χ1v) is 5.85. The molecule has 1 N–H and O–H groups in total. The Labute approximate surface area is 97.5 Å². The summed E-state index contributed by atoms with van der Waals surface area (Å²) < 4.78 is 4.98. The Morgan fingerprint density at radius 3 is 2.69 bits per heavy atom. The van der Waals surface area contributed by atoms with Crippen molar-refractivity contribution in [2.24, 2.45) is 5.92 Å². The second-order valence-corrected chi connectivity index (χ2v) is 4.28. The Morgan fingerprint density at radius 1 is 1.44 bits per heavy atom. The Morgan fingerprint density at radius 2 is 2.19 bits per heavy atom. The Balaban J connectivity index is 2.55. The lowest BCUT2D eigenvalue weighted by Crippen LogP contribution is -2.05. The molecule has 90 valence electrons. The van der Waals surface area contributed by atoms with Crippen LogP contribution >= 0.6 is 0 Å². The first-order valence-electron chi connectivity index (χ1n) is 5.85. The molecule has 0 saturated carbocycles. The molecule has 0 saturated heterocycles. The zero-order chi connectivity index (χ0) is 12.0. The fourth-order valence-corrected chi connectivity index (χ4v) is 1.84. The fraction of sp³-hybridized carbons (Fsp3) is 0.615. The molecule has 0 spiro atoms. The highest BCUT2D eigenvalue weighted by atomic mass is 16.5.